The highest BCUT2D eigenvalue weighted by Crippen LogP contribution is 2.18. The van der Waals surface area contributed by atoms with Gasteiger partial charge in [0, 0.05) is 18.9 Å². The van der Waals surface area contributed by atoms with E-state index >= 15 is 0 Å². The Bertz CT molecular complexity index is 344. The second-order valence-corrected chi connectivity index (χ2v) is 3.54. The number of rotatable bonds is 1. The van der Waals surface area contributed by atoms with E-state index in [1.807, 2.05) is 33.0 Å². The highest BCUT2D eigenvalue weighted by Gasteiger charge is 2.16. The van der Waals surface area contributed by atoms with Crippen LogP contribution in [0.25, 0.3) is 0 Å². The molecule has 0 aromatic rings. The van der Waals surface area contributed by atoms with Crippen molar-refractivity contribution in [3.05, 3.63) is 34.7 Å². The van der Waals surface area contributed by atoms with E-state index in [2.05, 4.69) is 10.6 Å². The molecule has 2 N–H and O–H groups in total. The van der Waals surface area contributed by atoms with Gasteiger partial charge in [0.2, 0.25) is 0 Å². The summed E-state index contributed by atoms with van der Waals surface area (Å²) in [7, 11) is 1.64. The van der Waals surface area contributed by atoms with E-state index in [0.717, 1.165) is 16.8 Å². The van der Waals surface area contributed by atoms with Crippen LogP contribution in [0.15, 0.2) is 34.7 Å². The van der Waals surface area contributed by atoms with Gasteiger partial charge in [0.15, 0.2) is 0 Å². The van der Waals surface area contributed by atoms with Crippen molar-refractivity contribution in [3.8, 4) is 0 Å². The van der Waals surface area contributed by atoms with Crippen LogP contribution in [0.4, 0.5) is 0 Å². The summed E-state index contributed by atoms with van der Waals surface area (Å²) in [5.41, 5.74) is 3.75. The molecule has 1 amide bonds. The van der Waals surface area contributed by atoms with E-state index in [-0.39, 0.29) is 5.91 Å². The van der Waals surface area contributed by atoms with Gasteiger partial charge in [0.25, 0.3) is 5.91 Å². The average molecular weight is 192 g/mol. The summed E-state index contributed by atoms with van der Waals surface area (Å²) in [4.78, 5) is 11.5. The second-order valence-electron chi connectivity index (χ2n) is 3.54. The summed E-state index contributed by atoms with van der Waals surface area (Å²) in [6.07, 6.45) is 3.78. The van der Waals surface area contributed by atoms with Crippen molar-refractivity contribution >= 4 is 5.91 Å². The van der Waals surface area contributed by atoms with Gasteiger partial charge in [-0.3, -0.25) is 4.79 Å². The lowest BCUT2D eigenvalue weighted by molar-refractivity contribution is -0.116. The number of nitrogens with one attached hydrogen (secondary N) is 2. The molecule has 0 atom stereocenters. The summed E-state index contributed by atoms with van der Waals surface area (Å²) >= 11 is 0. The monoisotopic (exact) mass is 192 g/mol. The first kappa shape index (κ1) is 10.6. The summed E-state index contributed by atoms with van der Waals surface area (Å²) in [6, 6.07) is 0. The molecule has 0 unspecified atom stereocenters. The Morgan fingerprint density at radius 2 is 2.07 bits per heavy atom. The van der Waals surface area contributed by atoms with Crippen LogP contribution in [0.3, 0.4) is 0 Å². The maximum Gasteiger partial charge on any atom is 0.253 e. The van der Waals surface area contributed by atoms with Crippen molar-refractivity contribution in [2.24, 2.45) is 0 Å². The Kier molecular flexibility index (Phi) is 3.12. The van der Waals surface area contributed by atoms with Gasteiger partial charge in [-0.25, -0.2) is 0 Å². The third-order valence-electron chi connectivity index (χ3n) is 2.06. The lowest BCUT2D eigenvalue weighted by atomic mass is 10.0. The lowest BCUT2D eigenvalue weighted by Gasteiger charge is -2.17. The van der Waals surface area contributed by atoms with Gasteiger partial charge in [0.05, 0.1) is 5.57 Å². The van der Waals surface area contributed by atoms with Crippen molar-refractivity contribution in [1.29, 1.82) is 0 Å². The molecule has 3 nitrogen and oxygen atoms in total. The summed E-state index contributed by atoms with van der Waals surface area (Å²) in [6.45, 7) is 5.92. The Morgan fingerprint density at radius 3 is 2.57 bits per heavy atom. The quantitative estimate of drug-likeness (QED) is 0.660. The topological polar surface area (TPSA) is 41.1 Å². The van der Waals surface area contributed by atoms with Crippen LogP contribution < -0.4 is 10.6 Å². The molecular weight excluding hydrogens is 176 g/mol. The summed E-state index contributed by atoms with van der Waals surface area (Å²) in [5.74, 6) is -0.0545. The molecule has 0 aromatic heterocycles. The Labute approximate surface area is 84.6 Å². The lowest BCUT2D eigenvalue weighted by Crippen LogP contribution is -2.27. The zero-order valence-electron chi connectivity index (χ0n) is 9.06. The Morgan fingerprint density at radius 1 is 1.43 bits per heavy atom. The van der Waals surface area contributed by atoms with Crippen molar-refractivity contribution in [1.82, 2.24) is 10.6 Å². The van der Waals surface area contributed by atoms with E-state index in [9.17, 15) is 4.79 Å². The fourth-order valence-corrected chi connectivity index (χ4v) is 1.33. The minimum absolute atomic E-state index is 0.0545. The molecule has 0 fully saturated rings. The first-order chi connectivity index (χ1) is 6.56. The van der Waals surface area contributed by atoms with Crippen LogP contribution in [0.1, 0.15) is 20.8 Å². The van der Waals surface area contributed by atoms with Gasteiger partial charge in [-0.15, -0.1) is 0 Å². The fraction of sp³-hybridized carbons (Fsp3) is 0.364. The largest absolute Gasteiger partial charge is 0.361 e. The minimum atomic E-state index is -0.0545. The van der Waals surface area contributed by atoms with Crippen LogP contribution in [-0.2, 0) is 4.79 Å². The molecule has 1 heterocycles. The molecular formula is C11H16N2O. The summed E-state index contributed by atoms with van der Waals surface area (Å²) in [5, 5.41) is 5.75. The third kappa shape index (κ3) is 2.05. The zero-order chi connectivity index (χ0) is 10.7. The molecule has 0 bridgehead atoms. The van der Waals surface area contributed by atoms with E-state index in [1.54, 1.807) is 7.05 Å². The zero-order valence-corrected chi connectivity index (χ0v) is 9.06. The number of dihydropyridines is 1. The molecule has 1 aliphatic heterocycles. The van der Waals surface area contributed by atoms with Gasteiger partial charge < -0.3 is 10.6 Å². The van der Waals surface area contributed by atoms with E-state index in [4.69, 9.17) is 0 Å². The number of hydrogen-bond acceptors (Lipinski definition) is 2. The summed E-state index contributed by atoms with van der Waals surface area (Å²) < 4.78 is 0. The van der Waals surface area contributed by atoms with Gasteiger partial charge in [-0.1, -0.05) is 5.57 Å². The molecule has 0 saturated carbocycles. The Hall–Kier alpha value is -1.51. The molecule has 0 aliphatic carbocycles. The maximum atomic E-state index is 11.5. The number of carbonyl (C=O) groups excluding carboxylic acids is 1. The number of likely N-dealkylation sites (N-methyl/N-ethyl adjacent to an activating group) is 1. The van der Waals surface area contributed by atoms with Crippen LogP contribution >= 0.6 is 0 Å². The number of amides is 1. The third-order valence-corrected chi connectivity index (χ3v) is 2.06. The van der Waals surface area contributed by atoms with Gasteiger partial charge >= 0.3 is 0 Å². The number of carbonyl (C=O) groups is 1. The van der Waals surface area contributed by atoms with Crippen LogP contribution in [0.2, 0.25) is 0 Å². The number of hydrogen-bond donors (Lipinski definition) is 2. The molecule has 14 heavy (non-hydrogen) atoms. The molecule has 0 saturated heterocycles. The van der Waals surface area contributed by atoms with Crippen LogP contribution in [0.5, 0.6) is 0 Å². The predicted molar refractivity (Wildman–Crippen MR) is 57.4 cm³/mol. The van der Waals surface area contributed by atoms with Crippen molar-refractivity contribution in [2.45, 2.75) is 20.8 Å². The van der Waals surface area contributed by atoms with Crippen molar-refractivity contribution < 1.29 is 4.79 Å². The molecule has 0 spiro atoms. The van der Waals surface area contributed by atoms with Gasteiger partial charge in [-0.05, 0) is 32.4 Å². The van der Waals surface area contributed by atoms with E-state index in [1.165, 1.54) is 0 Å². The van der Waals surface area contributed by atoms with Crippen LogP contribution in [-0.4, -0.2) is 13.0 Å². The normalized spacial score (nSPS) is 15.3. The number of allylic oxidation sites excluding steroid dienone is 3. The highest BCUT2D eigenvalue weighted by atomic mass is 16.1. The van der Waals surface area contributed by atoms with Gasteiger partial charge in [-0.2, -0.15) is 0 Å². The molecule has 0 radical (unpaired) electrons. The first-order valence-corrected chi connectivity index (χ1v) is 4.61. The molecule has 1 rings (SSSR count). The highest BCUT2D eigenvalue weighted by molar-refractivity contribution is 5.98. The minimum Gasteiger partial charge on any atom is -0.361 e. The second kappa shape index (κ2) is 4.13. The first-order valence-electron chi connectivity index (χ1n) is 4.61. The molecule has 1 aliphatic rings. The smallest absolute Gasteiger partial charge is 0.253 e. The molecule has 0 aromatic carbocycles. The van der Waals surface area contributed by atoms with Crippen LogP contribution in [0, 0.1) is 0 Å². The molecule has 76 valence electrons. The molecule has 3 heteroatoms. The van der Waals surface area contributed by atoms with E-state index < -0.39 is 0 Å². The Balaban J connectivity index is 3.12. The van der Waals surface area contributed by atoms with Crippen molar-refractivity contribution in [2.75, 3.05) is 7.05 Å². The van der Waals surface area contributed by atoms with E-state index in [0.29, 0.717) is 5.57 Å². The SMILES string of the molecule is CNC(=O)C1=CC(C)=CNC1=C(C)C. The predicted octanol–water partition coefficient (Wildman–Crippen LogP) is 1.46. The fourth-order valence-electron chi connectivity index (χ4n) is 1.33. The van der Waals surface area contributed by atoms with Gasteiger partial charge in [0.1, 0.15) is 0 Å². The average Bonchev–Trinajstić information content (AvgIpc) is 2.16. The van der Waals surface area contributed by atoms with Crippen molar-refractivity contribution in [3.63, 3.8) is 0 Å². The maximum absolute atomic E-state index is 11.5. The standard InChI is InChI=1S/C11H16N2O/c1-7(2)10-9(11(14)12-4)5-8(3)6-13-10/h5-6,13H,1-4H3,(H,12,14).